The number of halogens is 1. The van der Waals surface area contributed by atoms with Gasteiger partial charge in [-0.25, -0.2) is 0 Å². The van der Waals surface area contributed by atoms with Crippen LogP contribution in [0.15, 0.2) is 18.2 Å². The van der Waals surface area contributed by atoms with E-state index in [0.29, 0.717) is 0 Å². The molecule has 0 fully saturated rings. The van der Waals surface area contributed by atoms with Crippen molar-refractivity contribution in [2.75, 3.05) is 7.05 Å². The summed E-state index contributed by atoms with van der Waals surface area (Å²) in [6.45, 7) is 2.78. The second-order valence-electron chi connectivity index (χ2n) is 3.12. The Bertz CT molecular complexity index is 310. The van der Waals surface area contributed by atoms with Crippen molar-refractivity contribution in [3.8, 4) is 0 Å². The highest BCUT2D eigenvalue weighted by molar-refractivity contribution is 6.30. The molecule has 0 radical (unpaired) electrons. The molecule has 0 bridgehead atoms. The highest BCUT2D eigenvalue weighted by Crippen LogP contribution is 2.15. The third-order valence-electron chi connectivity index (χ3n) is 1.94. The Morgan fingerprint density at radius 1 is 1.54 bits per heavy atom. The van der Waals surface area contributed by atoms with Crippen LogP contribution in [0.1, 0.15) is 11.1 Å². The number of benzene rings is 1. The molecule has 3 heteroatoms. The van der Waals surface area contributed by atoms with Crippen LogP contribution < -0.4 is 0 Å². The lowest BCUT2D eigenvalue weighted by Gasteiger charge is -2.14. The van der Waals surface area contributed by atoms with Crippen molar-refractivity contribution in [2.45, 2.75) is 13.5 Å². The van der Waals surface area contributed by atoms with Gasteiger partial charge in [0.05, 0.1) is 6.34 Å². The fourth-order valence-corrected chi connectivity index (χ4v) is 1.38. The monoisotopic (exact) mass is 196 g/mol. The molecule has 0 heterocycles. The predicted molar refractivity (Wildman–Crippen MR) is 56.4 cm³/mol. The largest absolute Gasteiger partial charge is 0.362 e. The third kappa shape index (κ3) is 2.74. The smallest absolute Gasteiger partial charge is 0.0817 e. The Morgan fingerprint density at radius 3 is 2.77 bits per heavy atom. The van der Waals surface area contributed by atoms with Gasteiger partial charge in [-0.1, -0.05) is 17.7 Å². The van der Waals surface area contributed by atoms with Gasteiger partial charge in [0.2, 0.25) is 0 Å². The van der Waals surface area contributed by atoms with Gasteiger partial charge in [-0.2, -0.15) is 0 Å². The van der Waals surface area contributed by atoms with E-state index in [1.54, 1.807) is 0 Å². The second-order valence-corrected chi connectivity index (χ2v) is 3.55. The van der Waals surface area contributed by atoms with Crippen LogP contribution in [0.25, 0.3) is 0 Å². The predicted octanol–water partition coefficient (Wildman–Crippen LogP) is 2.69. The average Bonchev–Trinajstić information content (AvgIpc) is 2.09. The van der Waals surface area contributed by atoms with Crippen LogP contribution in [-0.2, 0) is 6.54 Å². The first-order chi connectivity index (χ1) is 6.13. The average molecular weight is 197 g/mol. The molecule has 1 aromatic rings. The zero-order chi connectivity index (χ0) is 9.84. The van der Waals surface area contributed by atoms with Crippen LogP contribution >= 0.6 is 11.6 Å². The maximum atomic E-state index is 7.05. The summed E-state index contributed by atoms with van der Waals surface area (Å²) < 4.78 is 0. The summed E-state index contributed by atoms with van der Waals surface area (Å²) >= 11 is 5.83. The zero-order valence-electron chi connectivity index (χ0n) is 7.84. The molecule has 0 aliphatic rings. The molecule has 2 nitrogen and oxygen atoms in total. The minimum absolute atomic E-state index is 0.756. The van der Waals surface area contributed by atoms with Crippen LogP contribution in [0.2, 0.25) is 5.02 Å². The van der Waals surface area contributed by atoms with E-state index in [0.717, 1.165) is 11.6 Å². The summed E-state index contributed by atoms with van der Waals surface area (Å²) in [4.78, 5) is 1.82. The molecule has 1 N–H and O–H groups in total. The zero-order valence-corrected chi connectivity index (χ0v) is 8.60. The minimum Gasteiger partial charge on any atom is -0.362 e. The topological polar surface area (TPSA) is 27.1 Å². The van der Waals surface area contributed by atoms with Gasteiger partial charge < -0.3 is 4.90 Å². The van der Waals surface area contributed by atoms with E-state index in [9.17, 15) is 0 Å². The number of nitrogens with one attached hydrogen (secondary N) is 1. The normalized spacial score (nSPS) is 9.77. The summed E-state index contributed by atoms with van der Waals surface area (Å²) in [5.74, 6) is 0. The number of nitrogens with zero attached hydrogens (tertiary/aromatic N) is 1. The Labute approximate surface area is 83.6 Å². The molecule has 1 aromatic carbocycles. The summed E-state index contributed by atoms with van der Waals surface area (Å²) in [6, 6.07) is 5.81. The number of aryl methyl sites for hydroxylation is 1. The van der Waals surface area contributed by atoms with Gasteiger partial charge in [0.1, 0.15) is 0 Å². The number of rotatable bonds is 3. The van der Waals surface area contributed by atoms with Gasteiger partial charge in [-0.15, -0.1) is 0 Å². The molecule has 0 aromatic heterocycles. The molecule has 1 rings (SSSR count). The van der Waals surface area contributed by atoms with E-state index in [2.05, 4.69) is 0 Å². The maximum Gasteiger partial charge on any atom is 0.0817 e. The van der Waals surface area contributed by atoms with E-state index in [-0.39, 0.29) is 0 Å². The summed E-state index contributed by atoms with van der Waals surface area (Å²) in [5, 5.41) is 7.81. The van der Waals surface area contributed by atoms with Gasteiger partial charge >= 0.3 is 0 Å². The van der Waals surface area contributed by atoms with E-state index >= 15 is 0 Å². The lowest BCUT2D eigenvalue weighted by Crippen LogP contribution is -2.15. The molecule has 0 aliphatic carbocycles. The fraction of sp³-hybridized carbons (Fsp3) is 0.300. The Kier molecular flexibility index (Phi) is 3.32. The SMILES string of the molecule is Cc1cc(Cl)ccc1CN(C)C=N. The van der Waals surface area contributed by atoms with Crippen molar-refractivity contribution in [3.05, 3.63) is 34.3 Å². The van der Waals surface area contributed by atoms with Gasteiger partial charge in [-0.05, 0) is 30.2 Å². The van der Waals surface area contributed by atoms with E-state index in [4.69, 9.17) is 17.0 Å². The Hall–Kier alpha value is -1.02. The molecule has 0 saturated carbocycles. The lowest BCUT2D eigenvalue weighted by molar-refractivity contribution is 0.511. The Morgan fingerprint density at radius 2 is 2.23 bits per heavy atom. The molecule has 0 atom stereocenters. The van der Waals surface area contributed by atoms with Crippen LogP contribution in [0.5, 0.6) is 0 Å². The minimum atomic E-state index is 0.756. The first-order valence-electron chi connectivity index (χ1n) is 4.09. The second kappa shape index (κ2) is 4.28. The fourth-order valence-electron chi connectivity index (χ4n) is 1.15. The molecule has 0 unspecified atom stereocenters. The van der Waals surface area contributed by atoms with Gasteiger partial charge in [-0.3, -0.25) is 5.41 Å². The molecule has 0 aliphatic heterocycles. The van der Waals surface area contributed by atoms with Crippen LogP contribution in [-0.4, -0.2) is 18.3 Å². The van der Waals surface area contributed by atoms with Crippen molar-refractivity contribution < 1.29 is 0 Å². The summed E-state index contributed by atoms with van der Waals surface area (Å²) in [7, 11) is 1.88. The maximum absolute atomic E-state index is 7.05. The molecule has 70 valence electrons. The lowest BCUT2D eigenvalue weighted by atomic mass is 10.1. The molecule has 0 spiro atoms. The van der Waals surface area contributed by atoms with Crippen molar-refractivity contribution in [1.29, 1.82) is 5.41 Å². The first-order valence-corrected chi connectivity index (χ1v) is 4.47. The van der Waals surface area contributed by atoms with Gasteiger partial charge in [0, 0.05) is 18.6 Å². The van der Waals surface area contributed by atoms with Crippen LogP contribution in [0, 0.1) is 12.3 Å². The number of hydrogen-bond acceptors (Lipinski definition) is 1. The summed E-state index contributed by atoms with van der Waals surface area (Å²) in [6.07, 6.45) is 1.31. The van der Waals surface area contributed by atoms with Crippen molar-refractivity contribution in [3.63, 3.8) is 0 Å². The highest BCUT2D eigenvalue weighted by Gasteiger charge is 2.00. The van der Waals surface area contributed by atoms with Crippen molar-refractivity contribution in [1.82, 2.24) is 4.90 Å². The summed E-state index contributed by atoms with van der Waals surface area (Å²) in [5.41, 5.74) is 2.37. The Balaban J connectivity index is 2.83. The van der Waals surface area contributed by atoms with Gasteiger partial charge in [0.25, 0.3) is 0 Å². The molecule has 13 heavy (non-hydrogen) atoms. The number of hydrogen-bond donors (Lipinski definition) is 1. The van der Waals surface area contributed by atoms with E-state index in [1.807, 2.05) is 37.1 Å². The highest BCUT2D eigenvalue weighted by atomic mass is 35.5. The van der Waals surface area contributed by atoms with Crippen LogP contribution in [0.3, 0.4) is 0 Å². The molecular weight excluding hydrogens is 184 g/mol. The molecule has 0 amide bonds. The van der Waals surface area contributed by atoms with E-state index < -0.39 is 0 Å². The van der Waals surface area contributed by atoms with Crippen molar-refractivity contribution in [2.24, 2.45) is 0 Å². The van der Waals surface area contributed by atoms with Crippen LogP contribution in [0.4, 0.5) is 0 Å². The third-order valence-corrected chi connectivity index (χ3v) is 2.18. The molecular formula is C10H13ClN2. The van der Waals surface area contributed by atoms with E-state index in [1.165, 1.54) is 17.5 Å². The van der Waals surface area contributed by atoms with Crippen molar-refractivity contribution >= 4 is 17.9 Å². The first kappa shape index (κ1) is 10.1. The van der Waals surface area contributed by atoms with Gasteiger partial charge in [0.15, 0.2) is 0 Å². The quantitative estimate of drug-likeness (QED) is 0.584. The standard InChI is InChI=1S/C10H13ClN2/c1-8-5-10(11)4-3-9(8)6-13(2)7-12/h3-5,7,12H,6H2,1-2H3. The molecule has 0 saturated heterocycles.